The predicted molar refractivity (Wildman–Crippen MR) is 76.2 cm³/mol. The van der Waals surface area contributed by atoms with Gasteiger partial charge in [0.15, 0.2) is 5.78 Å². The number of Topliss-reactive ketones (excluding diaryl/α,β-unsaturated/α-hetero) is 1. The van der Waals surface area contributed by atoms with E-state index in [1.165, 1.54) is 13.0 Å². The number of ketones is 1. The van der Waals surface area contributed by atoms with Crippen LogP contribution in [0, 0.1) is 11.3 Å². The first-order chi connectivity index (χ1) is 9.45. The number of rotatable bonds is 2. The third-order valence-corrected chi connectivity index (χ3v) is 3.08. The van der Waals surface area contributed by atoms with E-state index < -0.39 is 11.3 Å². The van der Waals surface area contributed by atoms with E-state index in [9.17, 15) is 9.59 Å². The van der Waals surface area contributed by atoms with Gasteiger partial charge in [0.05, 0.1) is 16.8 Å². The molecule has 1 heterocycles. The second-order valence-electron chi connectivity index (χ2n) is 4.14. The Labute approximate surface area is 119 Å². The summed E-state index contributed by atoms with van der Waals surface area (Å²) in [6.45, 7) is 1.26. The molecule has 0 amide bonds. The molecule has 0 fully saturated rings. The molecule has 2 N–H and O–H groups in total. The van der Waals surface area contributed by atoms with Gasteiger partial charge in [0.2, 0.25) is 0 Å². The Morgan fingerprint density at radius 2 is 1.95 bits per heavy atom. The lowest BCUT2D eigenvalue weighted by Crippen LogP contribution is -2.27. The molecule has 0 unspecified atom stereocenters. The van der Waals surface area contributed by atoms with Gasteiger partial charge in [0, 0.05) is 5.02 Å². The van der Waals surface area contributed by atoms with Gasteiger partial charge in [-0.25, -0.2) is 0 Å². The Hall–Kier alpha value is -2.58. The second-order valence-corrected chi connectivity index (χ2v) is 4.58. The molecule has 0 spiro atoms. The number of carbonyl (C=O) groups excluding carboxylic acids is 1. The van der Waals surface area contributed by atoms with Crippen molar-refractivity contribution in [1.29, 1.82) is 5.26 Å². The number of aromatic nitrogens is 1. The molecule has 0 saturated carbocycles. The fraction of sp³-hybridized carbons (Fsp3) is 0.0714. The first-order valence-corrected chi connectivity index (χ1v) is 6.06. The monoisotopic (exact) mass is 287 g/mol. The molecule has 1 aromatic carbocycles. The summed E-state index contributed by atoms with van der Waals surface area (Å²) >= 11 is 5.79. The van der Waals surface area contributed by atoms with E-state index in [4.69, 9.17) is 22.6 Å². The van der Waals surface area contributed by atoms with Crippen LogP contribution in [0.4, 0.5) is 5.82 Å². The Balaban J connectivity index is 2.84. The largest absolute Gasteiger partial charge is 0.384 e. The summed E-state index contributed by atoms with van der Waals surface area (Å²) in [4.78, 5) is 23.8. The second kappa shape index (κ2) is 5.19. The van der Waals surface area contributed by atoms with E-state index >= 15 is 0 Å². The van der Waals surface area contributed by atoms with Crippen LogP contribution in [0.15, 0.2) is 35.1 Å². The molecule has 5 nitrogen and oxygen atoms in total. The number of hydrogen-bond donors (Lipinski definition) is 1. The molecule has 0 bridgehead atoms. The summed E-state index contributed by atoms with van der Waals surface area (Å²) in [5, 5.41) is 9.56. The van der Waals surface area contributed by atoms with E-state index in [-0.39, 0.29) is 16.9 Å². The van der Waals surface area contributed by atoms with E-state index in [2.05, 4.69) is 0 Å². The van der Waals surface area contributed by atoms with Crippen molar-refractivity contribution < 1.29 is 4.79 Å². The van der Waals surface area contributed by atoms with Crippen molar-refractivity contribution in [1.82, 2.24) is 4.57 Å². The number of anilines is 1. The molecule has 0 aliphatic carbocycles. The smallest absolute Gasteiger partial charge is 0.267 e. The number of nitriles is 1. The van der Waals surface area contributed by atoms with E-state index in [1.807, 2.05) is 6.07 Å². The van der Waals surface area contributed by atoms with E-state index in [0.717, 1.165) is 4.57 Å². The highest BCUT2D eigenvalue weighted by molar-refractivity contribution is 6.30. The fourth-order valence-corrected chi connectivity index (χ4v) is 1.94. The van der Waals surface area contributed by atoms with Crippen molar-refractivity contribution in [3.05, 3.63) is 56.8 Å². The Morgan fingerprint density at radius 1 is 1.35 bits per heavy atom. The van der Waals surface area contributed by atoms with Gasteiger partial charge in [-0.2, -0.15) is 5.26 Å². The number of nitrogens with two attached hydrogens (primary N) is 1. The molecule has 6 heteroatoms. The molecule has 2 aromatic rings. The van der Waals surface area contributed by atoms with Crippen LogP contribution >= 0.6 is 11.6 Å². The third kappa shape index (κ3) is 2.29. The van der Waals surface area contributed by atoms with Crippen molar-refractivity contribution >= 4 is 23.2 Å². The highest BCUT2D eigenvalue weighted by Crippen LogP contribution is 2.18. The zero-order valence-corrected chi connectivity index (χ0v) is 11.3. The summed E-state index contributed by atoms with van der Waals surface area (Å²) in [5.74, 6) is -0.431. The summed E-state index contributed by atoms with van der Waals surface area (Å²) in [6, 6.07) is 9.45. The highest BCUT2D eigenvalue weighted by Gasteiger charge is 2.16. The fourth-order valence-electron chi connectivity index (χ4n) is 1.82. The number of hydrogen-bond acceptors (Lipinski definition) is 4. The van der Waals surface area contributed by atoms with Crippen LogP contribution in [0.3, 0.4) is 0 Å². The number of carbonyl (C=O) groups is 1. The molecule has 100 valence electrons. The van der Waals surface area contributed by atoms with Gasteiger partial charge in [-0.3, -0.25) is 14.2 Å². The lowest BCUT2D eigenvalue weighted by Gasteiger charge is -2.12. The topological polar surface area (TPSA) is 88.9 Å². The van der Waals surface area contributed by atoms with Crippen LogP contribution in [-0.4, -0.2) is 10.4 Å². The zero-order valence-electron chi connectivity index (χ0n) is 10.6. The quantitative estimate of drug-likeness (QED) is 0.857. The van der Waals surface area contributed by atoms with Crippen LogP contribution in [0.25, 0.3) is 5.69 Å². The minimum atomic E-state index is -0.559. The molecular weight excluding hydrogens is 278 g/mol. The summed E-state index contributed by atoms with van der Waals surface area (Å²) in [6.07, 6.45) is 0. The maximum atomic E-state index is 12.3. The molecule has 0 atom stereocenters. The van der Waals surface area contributed by atoms with Crippen LogP contribution in [0.1, 0.15) is 22.8 Å². The molecule has 0 aliphatic rings. The zero-order chi connectivity index (χ0) is 14.9. The summed E-state index contributed by atoms with van der Waals surface area (Å²) < 4.78 is 1.13. The van der Waals surface area contributed by atoms with Crippen molar-refractivity contribution in [2.24, 2.45) is 0 Å². The predicted octanol–water partition coefficient (Wildman–Crippen LogP) is 2.15. The molecular formula is C14H10ClN3O2. The van der Waals surface area contributed by atoms with Gasteiger partial charge >= 0.3 is 0 Å². The van der Waals surface area contributed by atoms with Gasteiger partial charge in [0.1, 0.15) is 11.9 Å². The van der Waals surface area contributed by atoms with Gasteiger partial charge in [-0.15, -0.1) is 0 Å². The number of benzene rings is 1. The number of nitrogens with zero attached hydrogens (tertiary/aromatic N) is 2. The van der Waals surface area contributed by atoms with Crippen molar-refractivity contribution in [3.63, 3.8) is 0 Å². The maximum Gasteiger partial charge on any atom is 0.267 e. The molecule has 1 aromatic heterocycles. The van der Waals surface area contributed by atoms with Crippen molar-refractivity contribution in [3.8, 4) is 11.8 Å². The summed E-state index contributed by atoms with van der Waals surface area (Å²) in [7, 11) is 0. The number of nitrogen functional groups attached to an aromatic ring is 1. The van der Waals surface area contributed by atoms with E-state index in [1.54, 1.807) is 24.3 Å². The first-order valence-electron chi connectivity index (χ1n) is 5.68. The van der Waals surface area contributed by atoms with Gasteiger partial charge < -0.3 is 5.73 Å². The van der Waals surface area contributed by atoms with Crippen molar-refractivity contribution in [2.45, 2.75) is 6.92 Å². The molecule has 20 heavy (non-hydrogen) atoms. The van der Waals surface area contributed by atoms with Crippen LogP contribution < -0.4 is 11.3 Å². The van der Waals surface area contributed by atoms with Crippen LogP contribution in [0.2, 0.25) is 5.02 Å². The van der Waals surface area contributed by atoms with Gasteiger partial charge in [-0.05, 0) is 37.3 Å². The third-order valence-electron chi connectivity index (χ3n) is 2.82. The number of pyridine rings is 1. The summed E-state index contributed by atoms with van der Waals surface area (Å²) in [5.41, 5.74) is 5.71. The average molecular weight is 288 g/mol. The molecule has 0 aliphatic heterocycles. The van der Waals surface area contributed by atoms with Crippen molar-refractivity contribution in [2.75, 3.05) is 5.73 Å². The lowest BCUT2D eigenvalue weighted by molar-refractivity contribution is 0.101. The normalized spacial score (nSPS) is 10.1. The first kappa shape index (κ1) is 13.8. The lowest BCUT2D eigenvalue weighted by atomic mass is 10.1. The van der Waals surface area contributed by atoms with Crippen LogP contribution in [0.5, 0.6) is 0 Å². The maximum absolute atomic E-state index is 12.3. The standard InChI is InChI=1S/C14H10ClN3O2/c1-8(19)12-6-9(7-16)13(17)18(14(12)20)11-4-2-10(15)3-5-11/h2-6H,17H2,1H3. The highest BCUT2D eigenvalue weighted by atomic mass is 35.5. The molecule has 0 saturated heterocycles. The number of halogens is 1. The molecule has 2 rings (SSSR count). The van der Waals surface area contributed by atoms with Gasteiger partial charge in [0.25, 0.3) is 5.56 Å². The Morgan fingerprint density at radius 3 is 2.45 bits per heavy atom. The Kier molecular flexibility index (Phi) is 3.59. The van der Waals surface area contributed by atoms with Crippen LogP contribution in [-0.2, 0) is 0 Å². The van der Waals surface area contributed by atoms with Gasteiger partial charge in [-0.1, -0.05) is 11.6 Å². The Bertz CT molecular complexity index is 786. The van der Waals surface area contributed by atoms with E-state index in [0.29, 0.717) is 10.7 Å². The molecule has 0 radical (unpaired) electrons. The minimum absolute atomic E-state index is 0.00942. The SMILES string of the molecule is CC(=O)c1cc(C#N)c(N)n(-c2ccc(Cl)cc2)c1=O. The average Bonchev–Trinajstić information content (AvgIpc) is 2.41. The minimum Gasteiger partial charge on any atom is -0.384 e.